The van der Waals surface area contributed by atoms with E-state index < -0.39 is 15.9 Å². The number of benzene rings is 2. The molecule has 2 fully saturated rings. The van der Waals surface area contributed by atoms with Crippen LogP contribution >= 0.6 is 24.0 Å². The van der Waals surface area contributed by atoms with Gasteiger partial charge in [-0.05, 0) is 54.8 Å². The highest BCUT2D eigenvalue weighted by Gasteiger charge is 2.36. The second kappa shape index (κ2) is 12.3. The summed E-state index contributed by atoms with van der Waals surface area (Å²) in [5.74, 6) is 1.00. The van der Waals surface area contributed by atoms with Crippen LogP contribution in [0.5, 0.6) is 11.5 Å². The fourth-order valence-electron chi connectivity index (χ4n) is 4.39. The molecule has 0 saturated carbocycles. The molecule has 38 heavy (non-hydrogen) atoms. The number of hydrogen-bond donors (Lipinski definition) is 0. The lowest BCUT2D eigenvalue weighted by molar-refractivity contribution is -0.134. The average molecular weight is 575 g/mol. The van der Waals surface area contributed by atoms with Gasteiger partial charge in [0.25, 0.3) is 5.91 Å². The first-order valence-electron chi connectivity index (χ1n) is 12.3. The first kappa shape index (κ1) is 28.1. The van der Waals surface area contributed by atoms with Crippen LogP contribution in [0.1, 0.15) is 30.9 Å². The topological polar surface area (TPSA) is 93.2 Å². The van der Waals surface area contributed by atoms with E-state index in [0.29, 0.717) is 22.3 Å². The Bertz CT molecular complexity index is 1320. The largest absolute Gasteiger partial charge is 0.497 e. The Morgan fingerprint density at radius 2 is 1.84 bits per heavy atom. The van der Waals surface area contributed by atoms with Gasteiger partial charge in [0.1, 0.15) is 15.8 Å². The summed E-state index contributed by atoms with van der Waals surface area (Å²) in [4.78, 5) is 30.0. The van der Waals surface area contributed by atoms with Gasteiger partial charge < -0.3 is 14.4 Å². The van der Waals surface area contributed by atoms with Gasteiger partial charge in [0.15, 0.2) is 9.84 Å². The molecule has 2 aromatic carbocycles. The van der Waals surface area contributed by atoms with Crippen molar-refractivity contribution in [3.63, 3.8) is 0 Å². The van der Waals surface area contributed by atoms with Crippen molar-refractivity contribution in [3.05, 3.63) is 64.6 Å². The summed E-state index contributed by atoms with van der Waals surface area (Å²) in [6.07, 6.45) is 2.20. The van der Waals surface area contributed by atoms with Crippen LogP contribution in [0.3, 0.4) is 0 Å². The zero-order valence-corrected chi connectivity index (χ0v) is 23.7. The third-order valence-corrected chi connectivity index (χ3v) is 9.52. The summed E-state index contributed by atoms with van der Waals surface area (Å²) in [6.45, 7) is 2.86. The number of ether oxygens (including phenoxy) is 2. The monoisotopic (exact) mass is 574 g/mol. The van der Waals surface area contributed by atoms with Crippen LogP contribution < -0.4 is 9.47 Å². The van der Waals surface area contributed by atoms with Crippen LogP contribution in [0.2, 0.25) is 0 Å². The van der Waals surface area contributed by atoms with E-state index in [1.165, 1.54) is 16.7 Å². The summed E-state index contributed by atoms with van der Waals surface area (Å²) < 4.78 is 35.4. The van der Waals surface area contributed by atoms with Gasteiger partial charge in [-0.3, -0.25) is 14.5 Å². The van der Waals surface area contributed by atoms with E-state index in [1.807, 2.05) is 55.5 Å². The Morgan fingerprint density at radius 3 is 2.45 bits per heavy atom. The molecule has 11 heteroatoms. The highest BCUT2D eigenvalue weighted by Crippen LogP contribution is 2.33. The maximum atomic E-state index is 13.4. The highest BCUT2D eigenvalue weighted by molar-refractivity contribution is 8.26. The first-order chi connectivity index (χ1) is 18.2. The standard InChI is InChI=1S/C27H30N2O6S3/c1-3-35-23-10-6-20(7-11-23)17-29(21-13-15-38(32,33)18-21)25(30)12-14-28-26(31)24(37-27(28)36)16-19-4-8-22(34-2)9-5-19/h4-11,16,21H,3,12-15,17-18H2,1-2H3/b24-16-/t21-/m1/s1. The number of nitrogens with zero attached hydrogens (tertiary/aromatic N) is 2. The molecule has 202 valence electrons. The molecule has 2 aliphatic heterocycles. The Balaban J connectivity index is 1.44. The molecule has 0 aliphatic carbocycles. The minimum atomic E-state index is -3.19. The van der Waals surface area contributed by atoms with Crippen LogP contribution in [0, 0.1) is 0 Å². The van der Waals surface area contributed by atoms with Crippen LogP contribution in [0.4, 0.5) is 0 Å². The van der Waals surface area contributed by atoms with Gasteiger partial charge in [0, 0.05) is 25.6 Å². The fraction of sp³-hybridized carbons (Fsp3) is 0.370. The van der Waals surface area contributed by atoms with Gasteiger partial charge in [0.05, 0.1) is 30.1 Å². The maximum Gasteiger partial charge on any atom is 0.266 e. The van der Waals surface area contributed by atoms with Gasteiger partial charge >= 0.3 is 0 Å². The fourth-order valence-corrected chi connectivity index (χ4v) is 7.43. The van der Waals surface area contributed by atoms with Crippen molar-refractivity contribution in [1.82, 2.24) is 9.80 Å². The summed E-state index contributed by atoms with van der Waals surface area (Å²) in [7, 11) is -1.60. The van der Waals surface area contributed by atoms with Crippen molar-refractivity contribution >= 4 is 56.0 Å². The molecule has 0 bridgehead atoms. The maximum absolute atomic E-state index is 13.4. The molecule has 0 spiro atoms. The smallest absolute Gasteiger partial charge is 0.266 e. The number of carbonyl (C=O) groups is 2. The van der Waals surface area contributed by atoms with Gasteiger partial charge in [-0.1, -0.05) is 48.2 Å². The van der Waals surface area contributed by atoms with E-state index in [4.69, 9.17) is 21.7 Å². The normalized spacial score (nSPS) is 19.7. The molecule has 0 aromatic heterocycles. The van der Waals surface area contributed by atoms with Crippen LogP contribution in [-0.2, 0) is 26.0 Å². The third-order valence-electron chi connectivity index (χ3n) is 6.39. The Labute approximate surface area is 232 Å². The van der Waals surface area contributed by atoms with Crippen LogP contribution in [-0.4, -0.2) is 72.2 Å². The second-order valence-electron chi connectivity index (χ2n) is 9.01. The molecule has 0 radical (unpaired) electrons. The number of carbonyl (C=O) groups excluding carboxylic acids is 2. The van der Waals surface area contributed by atoms with E-state index in [1.54, 1.807) is 18.1 Å². The number of rotatable bonds is 10. The third kappa shape index (κ3) is 6.95. The number of amides is 2. The summed E-state index contributed by atoms with van der Waals surface area (Å²) in [6, 6.07) is 14.3. The van der Waals surface area contributed by atoms with Gasteiger partial charge in [-0.15, -0.1) is 0 Å². The molecule has 2 aliphatic rings. The lowest BCUT2D eigenvalue weighted by Gasteiger charge is -2.29. The quantitative estimate of drug-likeness (QED) is 0.312. The zero-order valence-electron chi connectivity index (χ0n) is 21.3. The second-order valence-corrected chi connectivity index (χ2v) is 12.9. The molecule has 8 nitrogen and oxygen atoms in total. The summed E-state index contributed by atoms with van der Waals surface area (Å²) >= 11 is 6.64. The number of sulfone groups is 1. The molecule has 2 saturated heterocycles. The van der Waals surface area contributed by atoms with E-state index in [-0.39, 0.29) is 42.8 Å². The molecule has 1 atom stereocenters. The van der Waals surface area contributed by atoms with E-state index >= 15 is 0 Å². The number of hydrogen-bond acceptors (Lipinski definition) is 8. The molecule has 2 aromatic rings. The lowest BCUT2D eigenvalue weighted by atomic mass is 10.1. The number of thiocarbonyl (C=S) groups is 1. The van der Waals surface area contributed by atoms with Crippen molar-refractivity contribution in [2.45, 2.75) is 32.4 Å². The minimum absolute atomic E-state index is 0.0375. The summed E-state index contributed by atoms with van der Waals surface area (Å²) in [5.41, 5.74) is 1.71. The van der Waals surface area contributed by atoms with E-state index in [9.17, 15) is 18.0 Å². The van der Waals surface area contributed by atoms with Crippen molar-refractivity contribution < 1.29 is 27.5 Å². The average Bonchev–Trinajstić information content (AvgIpc) is 3.39. The molecular weight excluding hydrogens is 545 g/mol. The Hall–Kier alpha value is -2.89. The zero-order chi connectivity index (χ0) is 27.3. The van der Waals surface area contributed by atoms with Gasteiger partial charge in [-0.25, -0.2) is 8.42 Å². The SMILES string of the molecule is CCOc1ccc(CN(C(=O)CCN2C(=O)/C(=C/c3ccc(OC)cc3)SC2=S)[C@@H]2CCS(=O)(=O)C2)cc1. The highest BCUT2D eigenvalue weighted by atomic mass is 32.2. The Morgan fingerprint density at radius 1 is 1.16 bits per heavy atom. The molecule has 2 heterocycles. The lowest BCUT2D eigenvalue weighted by Crippen LogP contribution is -2.42. The molecular formula is C27H30N2O6S3. The van der Waals surface area contributed by atoms with E-state index in [2.05, 4.69) is 0 Å². The predicted octanol–water partition coefficient (Wildman–Crippen LogP) is 3.90. The van der Waals surface area contributed by atoms with Crippen molar-refractivity contribution in [2.24, 2.45) is 0 Å². The molecule has 2 amide bonds. The van der Waals surface area contributed by atoms with Crippen molar-refractivity contribution in [2.75, 3.05) is 31.8 Å². The van der Waals surface area contributed by atoms with Gasteiger partial charge in [-0.2, -0.15) is 0 Å². The molecule has 4 rings (SSSR count). The summed E-state index contributed by atoms with van der Waals surface area (Å²) in [5, 5.41) is 0. The molecule has 0 unspecified atom stereocenters. The minimum Gasteiger partial charge on any atom is -0.497 e. The predicted molar refractivity (Wildman–Crippen MR) is 153 cm³/mol. The van der Waals surface area contributed by atoms with Crippen LogP contribution in [0.15, 0.2) is 53.4 Å². The van der Waals surface area contributed by atoms with Gasteiger partial charge in [0.2, 0.25) is 5.91 Å². The number of thioether (sulfide) groups is 1. The first-order valence-corrected chi connectivity index (χ1v) is 15.3. The van der Waals surface area contributed by atoms with E-state index in [0.717, 1.165) is 22.6 Å². The molecule has 0 N–H and O–H groups in total. The van der Waals surface area contributed by atoms with Crippen LogP contribution in [0.25, 0.3) is 6.08 Å². The number of methoxy groups -OCH3 is 1. The Kier molecular flexibility index (Phi) is 9.11. The van der Waals surface area contributed by atoms with Crippen molar-refractivity contribution in [3.8, 4) is 11.5 Å². The van der Waals surface area contributed by atoms with Crippen molar-refractivity contribution in [1.29, 1.82) is 0 Å².